The molecule has 0 radical (unpaired) electrons. The lowest BCUT2D eigenvalue weighted by molar-refractivity contribution is 0.0982. The highest BCUT2D eigenvalue weighted by molar-refractivity contribution is 7.92. The Kier molecular flexibility index (Phi) is 3.21. The first-order chi connectivity index (χ1) is 10.0. The maximum absolute atomic E-state index is 13.8. The van der Waals surface area contributed by atoms with Gasteiger partial charge in [-0.2, -0.15) is 8.42 Å². The first-order valence-corrected chi connectivity index (χ1v) is 7.71. The number of anilines is 1. The first kappa shape index (κ1) is 13.7. The molecule has 0 amide bonds. The standard InChI is InChI=1S/C14H11FN2O3S/c15-11-5-3-8-16-14(11)21(19,20)17-9-7-13(18)10-4-1-2-6-12(10)17/h1-6,8H,7,9H2. The summed E-state index contributed by atoms with van der Waals surface area (Å²) < 4.78 is 40.0. The van der Waals surface area contributed by atoms with Crippen LogP contribution in [-0.4, -0.2) is 25.7 Å². The van der Waals surface area contributed by atoms with Crippen LogP contribution in [0.1, 0.15) is 16.8 Å². The van der Waals surface area contributed by atoms with Crippen LogP contribution in [0.3, 0.4) is 0 Å². The Morgan fingerprint density at radius 1 is 1.14 bits per heavy atom. The number of para-hydroxylation sites is 1. The van der Waals surface area contributed by atoms with Gasteiger partial charge in [-0.05, 0) is 24.3 Å². The van der Waals surface area contributed by atoms with E-state index in [0.717, 1.165) is 10.4 Å². The van der Waals surface area contributed by atoms with Gasteiger partial charge in [-0.1, -0.05) is 12.1 Å². The fourth-order valence-corrected chi connectivity index (χ4v) is 3.77. The van der Waals surface area contributed by atoms with E-state index < -0.39 is 20.9 Å². The number of carbonyl (C=O) groups excluding carboxylic acids is 1. The van der Waals surface area contributed by atoms with Crippen molar-refractivity contribution in [3.05, 3.63) is 54.0 Å². The molecule has 1 aromatic heterocycles. The van der Waals surface area contributed by atoms with Gasteiger partial charge in [-0.25, -0.2) is 9.37 Å². The zero-order chi connectivity index (χ0) is 15.0. The SMILES string of the molecule is O=C1CCN(S(=O)(=O)c2ncccc2F)c2ccccc21. The molecule has 1 aliphatic rings. The number of sulfonamides is 1. The van der Waals surface area contributed by atoms with E-state index in [1.54, 1.807) is 18.2 Å². The molecule has 2 heterocycles. The summed E-state index contributed by atoms with van der Waals surface area (Å²) in [5, 5.41) is -0.630. The van der Waals surface area contributed by atoms with Gasteiger partial charge in [0.2, 0.25) is 5.03 Å². The lowest BCUT2D eigenvalue weighted by atomic mass is 10.0. The molecule has 1 aliphatic heterocycles. The fourth-order valence-electron chi connectivity index (χ4n) is 2.30. The van der Waals surface area contributed by atoms with E-state index in [4.69, 9.17) is 0 Å². The van der Waals surface area contributed by atoms with Crippen LogP contribution in [-0.2, 0) is 10.0 Å². The molecule has 0 atom stereocenters. The minimum absolute atomic E-state index is 0.0196. The van der Waals surface area contributed by atoms with Crippen molar-refractivity contribution in [1.82, 2.24) is 4.98 Å². The Balaban J connectivity index is 2.16. The van der Waals surface area contributed by atoms with Crippen molar-refractivity contribution >= 4 is 21.5 Å². The number of aromatic nitrogens is 1. The van der Waals surface area contributed by atoms with Crippen molar-refractivity contribution in [3.8, 4) is 0 Å². The van der Waals surface area contributed by atoms with Crippen LogP contribution in [0.4, 0.5) is 10.1 Å². The van der Waals surface area contributed by atoms with E-state index in [2.05, 4.69) is 4.98 Å². The molecule has 0 bridgehead atoms. The Bertz CT molecular complexity index is 820. The van der Waals surface area contributed by atoms with Gasteiger partial charge in [-0.3, -0.25) is 9.10 Å². The van der Waals surface area contributed by atoms with Gasteiger partial charge in [0, 0.05) is 24.7 Å². The number of hydrogen-bond acceptors (Lipinski definition) is 4. The van der Waals surface area contributed by atoms with Gasteiger partial charge in [0.15, 0.2) is 11.6 Å². The molecule has 0 saturated heterocycles. The van der Waals surface area contributed by atoms with Crippen molar-refractivity contribution in [3.63, 3.8) is 0 Å². The number of Topliss-reactive ketones (excluding diaryl/α,β-unsaturated/α-hetero) is 1. The van der Waals surface area contributed by atoms with Crippen LogP contribution in [0.5, 0.6) is 0 Å². The molecule has 0 aliphatic carbocycles. The molecule has 0 saturated carbocycles. The van der Waals surface area contributed by atoms with E-state index in [0.29, 0.717) is 5.56 Å². The van der Waals surface area contributed by atoms with Gasteiger partial charge in [0.1, 0.15) is 0 Å². The summed E-state index contributed by atoms with van der Waals surface area (Å²) in [5.41, 5.74) is 0.586. The quantitative estimate of drug-likeness (QED) is 0.851. The third-order valence-corrected chi connectivity index (χ3v) is 5.02. The fraction of sp³-hybridized carbons (Fsp3) is 0.143. The predicted octanol–water partition coefficient (Wildman–Crippen LogP) is 2.00. The third kappa shape index (κ3) is 2.19. The number of ketones is 1. The van der Waals surface area contributed by atoms with Crippen LogP contribution in [0.2, 0.25) is 0 Å². The van der Waals surface area contributed by atoms with E-state index in [1.165, 1.54) is 18.3 Å². The molecule has 1 aromatic carbocycles. The molecule has 2 aromatic rings. The number of nitrogens with zero attached hydrogens (tertiary/aromatic N) is 2. The number of carbonyl (C=O) groups is 1. The minimum Gasteiger partial charge on any atom is -0.294 e. The van der Waals surface area contributed by atoms with Crippen LogP contribution >= 0.6 is 0 Å². The number of hydrogen-bond donors (Lipinski definition) is 0. The van der Waals surface area contributed by atoms with Crippen molar-refractivity contribution in [2.24, 2.45) is 0 Å². The van der Waals surface area contributed by atoms with E-state index in [9.17, 15) is 17.6 Å². The molecule has 7 heteroatoms. The molecule has 0 N–H and O–H groups in total. The lowest BCUT2D eigenvalue weighted by Crippen LogP contribution is -2.38. The summed E-state index contributed by atoms with van der Waals surface area (Å²) in [6, 6.07) is 8.75. The van der Waals surface area contributed by atoms with Crippen molar-refractivity contribution in [2.45, 2.75) is 11.4 Å². The van der Waals surface area contributed by atoms with E-state index in [-0.39, 0.29) is 24.4 Å². The summed E-state index contributed by atoms with van der Waals surface area (Å²) in [5.74, 6) is -1.04. The number of halogens is 1. The Hall–Kier alpha value is -2.28. The second kappa shape index (κ2) is 4.92. The van der Waals surface area contributed by atoms with Crippen molar-refractivity contribution in [1.29, 1.82) is 0 Å². The van der Waals surface area contributed by atoms with Crippen LogP contribution < -0.4 is 4.31 Å². The Labute approximate surface area is 121 Å². The minimum atomic E-state index is -4.13. The van der Waals surface area contributed by atoms with Gasteiger partial charge in [0.25, 0.3) is 10.0 Å². The molecule has 3 rings (SSSR count). The molecule has 21 heavy (non-hydrogen) atoms. The molecule has 0 fully saturated rings. The monoisotopic (exact) mass is 306 g/mol. The second-order valence-electron chi connectivity index (χ2n) is 4.56. The smallest absolute Gasteiger partial charge is 0.284 e. The molecule has 108 valence electrons. The summed E-state index contributed by atoms with van der Waals surface area (Å²) >= 11 is 0. The lowest BCUT2D eigenvalue weighted by Gasteiger charge is -2.29. The Morgan fingerprint density at radius 2 is 1.90 bits per heavy atom. The highest BCUT2D eigenvalue weighted by Crippen LogP contribution is 2.31. The number of pyridine rings is 1. The molecular formula is C14H11FN2O3S. The van der Waals surface area contributed by atoms with E-state index in [1.807, 2.05) is 0 Å². The highest BCUT2D eigenvalue weighted by Gasteiger charge is 2.34. The molecular weight excluding hydrogens is 295 g/mol. The molecule has 0 unspecified atom stereocenters. The summed E-state index contributed by atoms with van der Waals surface area (Å²) in [6.45, 7) is -0.0196. The highest BCUT2D eigenvalue weighted by atomic mass is 32.2. The number of benzene rings is 1. The van der Waals surface area contributed by atoms with Gasteiger partial charge in [0.05, 0.1) is 5.69 Å². The van der Waals surface area contributed by atoms with Crippen molar-refractivity contribution in [2.75, 3.05) is 10.8 Å². The van der Waals surface area contributed by atoms with Gasteiger partial charge < -0.3 is 0 Å². The largest absolute Gasteiger partial charge is 0.294 e. The zero-order valence-electron chi connectivity index (χ0n) is 10.9. The van der Waals surface area contributed by atoms with Crippen LogP contribution in [0.15, 0.2) is 47.6 Å². The van der Waals surface area contributed by atoms with Gasteiger partial charge in [-0.15, -0.1) is 0 Å². The van der Waals surface area contributed by atoms with E-state index >= 15 is 0 Å². The topological polar surface area (TPSA) is 67.3 Å². The maximum atomic E-state index is 13.8. The maximum Gasteiger partial charge on any atom is 0.284 e. The summed E-state index contributed by atoms with van der Waals surface area (Å²) in [4.78, 5) is 15.5. The third-order valence-electron chi connectivity index (χ3n) is 3.27. The number of rotatable bonds is 2. The summed E-state index contributed by atoms with van der Waals surface area (Å²) in [7, 11) is -4.13. The Morgan fingerprint density at radius 3 is 2.67 bits per heavy atom. The summed E-state index contributed by atoms with van der Waals surface area (Å²) in [6.07, 6.45) is 1.28. The number of fused-ring (bicyclic) bond motifs is 1. The van der Waals surface area contributed by atoms with Crippen molar-refractivity contribution < 1.29 is 17.6 Å². The molecule has 0 spiro atoms. The first-order valence-electron chi connectivity index (χ1n) is 6.27. The molecule has 5 nitrogen and oxygen atoms in total. The normalized spacial score (nSPS) is 14.9. The zero-order valence-corrected chi connectivity index (χ0v) is 11.7. The average Bonchev–Trinajstić information content (AvgIpc) is 2.48. The second-order valence-corrected chi connectivity index (χ2v) is 6.34. The predicted molar refractivity (Wildman–Crippen MR) is 74.1 cm³/mol. The average molecular weight is 306 g/mol. The van der Waals surface area contributed by atoms with Gasteiger partial charge >= 0.3 is 0 Å². The van der Waals surface area contributed by atoms with Crippen LogP contribution in [0.25, 0.3) is 0 Å². The van der Waals surface area contributed by atoms with Crippen LogP contribution in [0, 0.1) is 5.82 Å².